The summed E-state index contributed by atoms with van der Waals surface area (Å²) >= 11 is 0. The highest BCUT2D eigenvalue weighted by atomic mass is 32.2. The van der Waals surface area contributed by atoms with Gasteiger partial charge in [-0.15, -0.1) is 0 Å². The topological polar surface area (TPSA) is 113 Å². The molecule has 0 spiro atoms. The van der Waals surface area contributed by atoms with Crippen molar-refractivity contribution in [2.24, 2.45) is 0 Å². The van der Waals surface area contributed by atoms with Gasteiger partial charge in [0, 0.05) is 37.8 Å². The van der Waals surface area contributed by atoms with E-state index in [0.717, 1.165) is 19.3 Å². The van der Waals surface area contributed by atoms with Crippen LogP contribution in [0.15, 0.2) is 29.2 Å². The summed E-state index contributed by atoms with van der Waals surface area (Å²) in [4.78, 5) is 12.5. The van der Waals surface area contributed by atoms with Gasteiger partial charge in [0.25, 0.3) is 5.91 Å². The number of carbonyl (C=O) groups is 1. The zero-order valence-electron chi connectivity index (χ0n) is 17.1. The smallest absolute Gasteiger partial charge is 0.251 e. The Morgan fingerprint density at radius 3 is 2.37 bits per heavy atom. The van der Waals surface area contributed by atoms with Crippen molar-refractivity contribution < 1.29 is 26.4 Å². The van der Waals surface area contributed by atoms with Gasteiger partial charge in [0.2, 0.25) is 20.0 Å². The van der Waals surface area contributed by atoms with E-state index in [1.54, 1.807) is 0 Å². The molecule has 2 saturated heterocycles. The predicted octanol–water partition coefficient (Wildman–Crippen LogP) is 0.642. The van der Waals surface area contributed by atoms with E-state index in [1.165, 1.54) is 32.9 Å². The van der Waals surface area contributed by atoms with Gasteiger partial charge in [0.05, 0.1) is 23.9 Å². The van der Waals surface area contributed by atoms with Crippen molar-refractivity contribution in [2.75, 3.05) is 45.1 Å². The third-order valence-electron chi connectivity index (χ3n) is 5.47. The lowest BCUT2D eigenvalue weighted by molar-refractivity contribution is 0.0730. The molecule has 0 radical (unpaired) electrons. The van der Waals surface area contributed by atoms with Crippen LogP contribution in [0.5, 0.6) is 0 Å². The van der Waals surface area contributed by atoms with Crippen LogP contribution >= 0.6 is 0 Å². The Morgan fingerprint density at radius 2 is 1.73 bits per heavy atom. The molecule has 11 heteroatoms. The van der Waals surface area contributed by atoms with Crippen LogP contribution < -0.4 is 5.32 Å². The summed E-state index contributed by atoms with van der Waals surface area (Å²) in [5.41, 5.74) is 0.282. The van der Waals surface area contributed by atoms with Crippen LogP contribution in [0.2, 0.25) is 0 Å². The Labute approximate surface area is 178 Å². The fourth-order valence-corrected chi connectivity index (χ4v) is 6.72. The van der Waals surface area contributed by atoms with Gasteiger partial charge in [-0.2, -0.15) is 8.61 Å². The number of amides is 1. The number of piperidine rings is 1. The van der Waals surface area contributed by atoms with Crippen LogP contribution in [-0.2, 0) is 24.8 Å². The molecule has 2 heterocycles. The molecule has 1 N–H and O–H groups in total. The van der Waals surface area contributed by atoms with Crippen LogP contribution in [0.4, 0.5) is 0 Å². The van der Waals surface area contributed by atoms with E-state index in [4.69, 9.17) is 4.74 Å². The van der Waals surface area contributed by atoms with Crippen molar-refractivity contribution in [1.82, 2.24) is 13.9 Å². The molecule has 1 amide bonds. The first-order valence-corrected chi connectivity index (χ1v) is 13.2. The quantitative estimate of drug-likeness (QED) is 0.640. The molecule has 1 aromatic rings. The normalized spacial score (nSPS) is 22.0. The molecular formula is C19H29N3O6S2. The second-order valence-electron chi connectivity index (χ2n) is 7.57. The minimum absolute atomic E-state index is 0.0239. The number of morpholine rings is 1. The Morgan fingerprint density at radius 1 is 1.07 bits per heavy atom. The summed E-state index contributed by atoms with van der Waals surface area (Å²) in [6, 6.07) is 5.72. The highest BCUT2D eigenvalue weighted by Crippen LogP contribution is 2.25. The molecule has 0 aromatic heterocycles. The average molecular weight is 460 g/mol. The SMILES string of the molecule is CC1CCCCN1S(=O)(=O)c1ccc(C(=O)NCCS(=O)(=O)N2CCOCC2)cc1. The summed E-state index contributed by atoms with van der Waals surface area (Å²) in [7, 11) is -7.05. The number of sulfonamides is 2. The second-order valence-corrected chi connectivity index (χ2v) is 11.5. The van der Waals surface area contributed by atoms with Gasteiger partial charge in [-0.3, -0.25) is 4.79 Å². The van der Waals surface area contributed by atoms with Gasteiger partial charge < -0.3 is 10.1 Å². The molecule has 1 aromatic carbocycles. The maximum Gasteiger partial charge on any atom is 0.251 e. The van der Waals surface area contributed by atoms with E-state index < -0.39 is 26.0 Å². The van der Waals surface area contributed by atoms with E-state index >= 15 is 0 Å². The van der Waals surface area contributed by atoms with Gasteiger partial charge in [-0.1, -0.05) is 6.42 Å². The summed E-state index contributed by atoms with van der Waals surface area (Å²) in [5, 5.41) is 2.59. The number of rotatable bonds is 7. The van der Waals surface area contributed by atoms with Gasteiger partial charge in [-0.25, -0.2) is 16.8 Å². The first-order valence-electron chi connectivity index (χ1n) is 10.2. The third-order valence-corrected chi connectivity index (χ3v) is 9.37. The largest absolute Gasteiger partial charge is 0.379 e. The minimum Gasteiger partial charge on any atom is -0.379 e. The second kappa shape index (κ2) is 9.73. The molecule has 2 aliphatic heterocycles. The van der Waals surface area contributed by atoms with Crippen molar-refractivity contribution in [1.29, 1.82) is 0 Å². The van der Waals surface area contributed by atoms with Crippen molar-refractivity contribution in [3.05, 3.63) is 29.8 Å². The molecule has 2 aliphatic rings. The maximum absolute atomic E-state index is 12.9. The van der Waals surface area contributed by atoms with Crippen molar-refractivity contribution in [3.8, 4) is 0 Å². The number of nitrogens with one attached hydrogen (secondary N) is 1. The minimum atomic E-state index is -3.60. The van der Waals surface area contributed by atoms with Gasteiger partial charge in [0.1, 0.15) is 0 Å². The Hall–Kier alpha value is -1.53. The predicted molar refractivity (Wildman–Crippen MR) is 112 cm³/mol. The lowest BCUT2D eigenvalue weighted by Crippen LogP contribution is -2.43. The van der Waals surface area contributed by atoms with Gasteiger partial charge in [-0.05, 0) is 44.0 Å². The number of benzene rings is 1. The van der Waals surface area contributed by atoms with Crippen LogP contribution in [0, 0.1) is 0 Å². The van der Waals surface area contributed by atoms with E-state index in [9.17, 15) is 21.6 Å². The van der Waals surface area contributed by atoms with Crippen LogP contribution in [0.25, 0.3) is 0 Å². The molecule has 0 aliphatic carbocycles. The maximum atomic E-state index is 12.9. The number of hydrogen-bond acceptors (Lipinski definition) is 6. The molecular weight excluding hydrogens is 430 g/mol. The molecule has 9 nitrogen and oxygen atoms in total. The highest BCUT2D eigenvalue weighted by molar-refractivity contribution is 7.89. The zero-order valence-corrected chi connectivity index (χ0v) is 18.8. The Balaban J connectivity index is 1.57. The third kappa shape index (κ3) is 5.38. The Bertz CT molecular complexity index is 941. The molecule has 0 saturated carbocycles. The lowest BCUT2D eigenvalue weighted by Gasteiger charge is -2.32. The number of ether oxygens (including phenoxy) is 1. The monoisotopic (exact) mass is 459 g/mol. The van der Waals surface area contributed by atoms with Crippen molar-refractivity contribution >= 4 is 26.0 Å². The first kappa shape index (κ1) is 23.1. The number of nitrogens with zero attached hydrogens (tertiary/aromatic N) is 2. The van der Waals surface area contributed by atoms with Crippen molar-refractivity contribution in [3.63, 3.8) is 0 Å². The fourth-order valence-electron chi connectivity index (χ4n) is 3.69. The van der Waals surface area contributed by atoms with Crippen molar-refractivity contribution in [2.45, 2.75) is 37.1 Å². The van der Waals surface area contributed by atoms with E-state index in [1.807, 2.05) is 6.92 Å². The van der Waals surface area contributed by atoms with E-state index in [2.05, 4.69) is 5.32 Å². The van der Waals surface area contributed by atoms with Crippen LogP contribution in [0.3, 0.4) is 0 Å². The summed E-state index contributed by atoms with van der Waals surface area (Å²) in [5.74, 6) is -0.639. The van der Waals surface area contributed by atoms with Gasteiger partial charge >= 0.3 is 0 Å². The van der Waals surface area contributed by atoms with E-state index in [-0.39, 0.29) is 28.8 Å². The fraction of sp³-hybridized carbons (Fsp3) is 0.632. The number of carbonyl (C=O) groups excluding carboxylic acids is 1. The standard InChI is InChI=1S/C19H29N3O6S2/c1-16-4-2-3-10-22(16)30(26,27)18-7-5-17(6-8-18)19(23)20-9-15-29(24,25)21-11-13-28-14-12-21/h5-8,16H,2-4,9-15H2,1H3,(H,20,23). The molecule has 1 atom stereocenters. The lowest BCUT2D eigenvalue weighted by atomic mass is 10.1. The molecule has 0 bridgehead atoms. The average Bonchev–Trinajstić information content (AvgIpc) is 2.74. The summed E-state index contributed by atoms with van der Waals surface area (Å²) in [6.45, 7) is 3.77. The molecule has 2 fully saturated rings. The van der Waals surface area contributed by atoms with Gasteiger partial charge in [0.15, 0.2) is 0 Å². The highest BCUT2D eigenvalue weighted by Gasteiger charge is 2.31. The first-order chi connectivity index (χ1) is 14.2. The zero-order chi connectivity index (χ0) is 21.8. The molecule has 168 valence electrons. The van der Waals surface area contributed by atoms with E-state index in [0.29, 0.717) is 32.8 Å². The molecule has 3 rings (SSSR count). The van der Waals surface area contributed by atoms with Crippen LogP contribution in [-0.4, -0.2) is 82.5 Å². The molecule has 1 unspecified atom stereocenters. The summed E-state index contributed by atoms with van der Waals surface area (Å²) in [6.07, 6.45) is 2.71. The molecule has 30 heavy (non-hydrogen) atoms. The van der Waals surface area contributed by atoms with Crippen LogP contribution in [0.1, 0.15) is 36.5 Å². The number of hydrogen-bond donors (Lipinski definition) is 1. The summed E-state index contributed by atoms with van der Waals surface area (Å²) < 4.78 is 58.3. The Kier molecular flexibility index (Phi) is 7.51.